The molecule has 1 atom stereocenters. The van der Waals surface area contributed by atoms with Crippen LogP contribution in [0.5, 0.6) is 0 Å². The van der Waals surface area contributed by atoms with Crippen LogP contribution in [-0.4, -0.2) is 31.1 Å². The van der Waals surface area contributed by atoms with Gasteiger partial charge >= 0.3 is 12.4 Å². The molecule has 0 unspecified atom stereocenters. The Balaban J connectivity index is 0.00000420. The summed E-state index contributed by atoms with van der Waals surface area (Å²) in [6, 6.07) is -0.744. The molecule has 1 aliphatic heterocycles. The maximum Gasteiger partial charge on any atom is 0.416 e. The van der Waals surface area contributed by atoms with Crippen LogP contribution in [0, 0.1) is 5.82 Å². The minimum Gasteiger partial charge on any atom is -0.314 e. The van der Waals surface area contributed by atoms with Crippen molar-refractivity contribution in [2.45, 2.75) is 44.1 Å². The van der Waals surface area contributed by atoms with Gasteiger partial charge in [0, 0.05) is 37.8 Å². The molecule has 1 aromatic rings. The average molecular weight is 449 g/mol. The molecule has 0 bridgehead atoms. The Bertz CT molecular complexity index is 668. The lowest BCUT2D eigenvalue weighted by atomic mass is 9.91. The highest BCUT2D eigenvalue weighted by atomic mass is 35.5. The maximum absolute atomic E-state index is 14.7. The number of benzene rings is 1. The number of alkyl halides is 6. The molecule has 1 aliphatic rings. The Morgan fingerprint density at radius 3 is 2.17 bits per heavy atom. The first-order valence-electron chi connectivity index (χ1n) is 9.09. The number of unbranched alkanes of at least 4 members (excludes halogenated alkanes) is 2. The largest absolute Gasteiger partial charge is 0.416 e. The van der Waals surface area contributed by atoms with Crippen molar-refractivity contribution in [3.63, 3.8) is 0 Å². The Morgan fingerprint density at radius 2 is 1.66 bits per heavy atom. The minimum atomic E-state index is -5.09. The molecular weight excluding hydrogens is 425 g/mol. The van der Waals surface area contributed by atoms with Crippen LogP contribution < -0.4 is 5.32 Å². The van der Waals surface area contributed by atoms with Crippen molar-refractivity contribution in [1.82, 2.24) is 10.2 Å². The van der Waals surface area contributed by atoms with Gasteiger partial charge in [-0.15, -0.1) is 19.0 Å². The van der Waals surface area contributed by atoms with Crippen molar-refractivity contribution in [1.29, 1.82) is 0 Å². The maximum atomic E-state index is 14.7. The lowest BCUT2D eigenvalue weighted by Crippen LogP contribution is -2.45. The summed E-state index contributed by atoms with van der Waals surface area (Å²) in [5.74, 6) is -1.46. The van der Waals surface area contributed by atoms with Crippen LogP contribution in [0.4, 0.5) is 30.7 Å². The third-order valence-corrected chi connectivity index (χ3v) is 4.82. The van der Waals surface area contributed by atoms with E-state index < -0.39 is 40.9 Å². The van der Waals surface area contributed by atoms with E-state index in [0.29, 0.717) is 45.4 Å². The number of halogens is 8. The van der Waals surface area contributed by atoms with E-state index in [1.54, 1.807) is 11.0 Å². The quantitative estimate of drug-likeness (QED) is 0.314. The summed E-state index contributed by atoms with van der Waals surface area (Å²) in [5.41, 5.74) is -3.88. The molecule has 1 aromatic carbocycles. The number of hydrogen-bond acceptors (Lipinski definition) is 2. The van der Waals surface area contributed by atoms with Gasteiger partial charge in [-0.25, -0.2) is 4.39 Å². The van der Waals surface area contributed by atoms with Crippen molar-refractivity contribution in [3.05, 3.63) is 47.3 Å². The van der Waals surface area contributed by atoms with Crippen molar-refractivity contribution < 1.29 is 30.7 Å². The van der Waals surface area contributed by atoms with Crippen LogP contribution in [0.1, 0.15) is 48.4 Å². The number of hydrogen-bond donors (Lipinski definition) is 1. The molecule has 166 valence electrons. The second-order valence-electron chi connectivity index (χ2n) is 6.79. The third-order valence-electron chi connectivity index (χ3n) is 4.82. The highest BCUT2D eigenvalue weighted by Gasteiger charge is 2.42. The van der Waals surface area contributed by atoms with Crippen molar-refractivity contribution in [2.75, 3.05) is 26.2 Å². The van der Waals surface area contributed by atoms with Gasteiger partial charge in [-0.1, -0.05) is 12.5 Å². The third kappa shape index (κ3) is 6.86. The molecular formula is C19H24ClF7N2. The molecule has 0 amide bonds. The molecule has 0 saturated carbocycles. The molecule has 1 fully saturated rings. The van der Waals surface area contributed by atoms with Gasteiger partial charge in [0.25, 0.3) is 0 Å². The molecule has 0 aromatic heterocycles. The van der Waals surface area contributed by atoms with Gasteiger partial charge in [0.1, 0.15) is 5.82 Å². The zero-order chi connectivity index (χ0) is 20.9. The molecule has 0 radical (unpaired) electrons. The van der Waals surface area contributed by atoms with Crippen LogP contribution in [-0.2, 0) is 12.4 Å². The lowest BCUT2D eigenvalue weighted by molar-refractivity contribution is -0.144. The zero-order valence-electron chi connectivity index (χ0n) is 15.7. The molecule has 29 heavy (non-hydrogen) atoms. The topological polar surface area (TPSA) is 15.3 Å². The number of rotatable bonds is 7. The van der Waals surface area contributed by atoms with Gasteiger partial charge in [0.05, 0.1) is 11.1 Å². The van der Waals surface area contributed by atoms with Gasteiger partial charge in [0.15, 0.2) is 0 Å². The van der Waals surface area contributed by atoms with E-state index in [1.807, 2.05) is 0 Å². The predicted molar refractivity (Wildman–Crippen MR) is 99.5 cm³/mol. The summed E-state index contributed by atoms with van der Waals surface area (Å²) >= 11 is 0. The Hall–Kier alpha value is -1.32. The Labute approximate surface area is 171 Å². The van der Waals surface area contributed by atoms with Crippen LogP contribution >= 0.6 is 12.4 Å². The molecule has 2 rings (SSSR count). The monoisotopic (exact) mass is 448 g/mol. The first-order valence-corrected chi connectivity index (χ1v) is 9.09. The van der Waals surface area contributed by atoms with Gasteiger partial charge in [-0.05, 0) is 31.4 Å². The fourth-order valence-electron chi connectivity index (χ4n) is 3.48. The summed E-state index contributed by atoms with van der Waals surface area (Å²) in [6.07, 6.45) is -6.42. The van der Waals surface area contributed by atoms with E-state index in [-0.39, 0.29) is 31.0 Å². The number of allylic oxidation sites excluding steroid dienone is 1. The summed E-state index contributed by atoms with van der Waals surface area (Å²) < 4.78 is 94.3. The van der Waals surface area contributed by atoms with E-state index >= 15 is 0 Å². The van der Waals surface area contributed by atoms with Crippen LogP contribution in [0.3, 0.4) is 0 Å². The van der Waals surface area contributed by atoms with E-state index in [9.17, 15) is 30.7 Å². The first kappa shape index (κ1) is 25.7. The first-order chi connectivity index (χ1) is 13.1. The second-order valence-corrected chi connectivity index (χ2v) is 6.79. The molecule has 1 N–H and O–H groups in total. The summed E-state index contributed by atoms with van der Waals surface area (Å²) in [7, 11) is 0. The molecule has 0 spiro atoms. The Morgan fingerprint density at radius 1 is 1.03 bits per heavy atom. The average Bonchev–Trinajstić information content (AvgIpc) is 2.61. The van der Waals surface area contributed by atoms with Gasteiger partial charge in [-0.3, -0.25) is 4.90 Å². The van der Waals surface area contributed by atoms with E-state index in [2.05, 4.69) is 11.9 Å². The van der Waals surface area contributed by atoms with Gasteiger partial charge < -0.3 is 5.32 Å². The fourth-order valence-corrected chi connectivity index (χ4v) is 3.48. The minimum absolute atomic E-state index is 0. The Kier molecular flexibility index (Phi) is 9.43. The summed E-state index contributed by atoms with van der Waals surface area (Å²) in [5, 5.41) is 3.07. The molecule has 0 aliphatic carbocycles. The number of nitrogens with one attached hydrogen (secondary N) is 1. The molecule has 10 heteroatoms. The van der Waals surface area contributed by atoms with E-state index in [4.69, 9.17) is 0 Å². The fraction of sp³-hybridized carbons (Fsp3) is 0.579. The SMILES string of the molecule is C=CCCCC[C@@H](c1c(F)cc(C(F)(F)F)cc1C(F)(F)F)N1CCNCC1.Cl. The number of nitrogens with zero attached hydrogens (tertiary/aromatic N) is 1. The highest BCUT2D eigenvalue weighted by Crippen LogP contribution is 2.43. The highest BCUT2D eigenvalue weighted by molar-refractivity contribution is 5.85. The number of piperazine rings is 1. The zero-order valence-corrected chi connectivity index (χ0v) is 16.5. The second kappa shape index (κ2) is 10.6. The van der Waals surface area contributed by atoms with Crippen molar-refractivity contribution >= 4 is 12.4 Å². The van der Waals surface area contributed by atoms with Crippen molar-refractivity contribution in [2.24, 2.45) is 0 Å². The molecule has 2 nitrogen and oxygen atoms in total. The normalized spacial score (nSPS) is 16.9. The van der Waals surface area contributed by atoms with E-state index in [0.717, 1.165) is 0 Å². The summed E-state index contributed by atoms with van der Waals surface area (Å²) in [6.45, 7) is 5.41. The predicted octanol–water partition coefficient (Wildman–Crippen LogP) is 5.98. The van der Waals surface area contributed by atoms with E-state index in [1.165, 1.54) is 0 Å². The van der Waals surface area contributed by atoms with Crippen LogP contribution in [0.15, 0.2) is 24.8 Å². The van der Waals surface area contributed by atoms with Gasteiger partial charge in [-0.2, -0.15) is 26.3 Å². The molecule has 1 saturated heterocycles. The lowest BCUT2D eigenvalue weighted by Gasteiger charge is -2.36. The standard InChI is InChI=1S/C19H23F7N2.ClH/c1-2-3-4-5-6-16(28-9-7-27-8-10-28)17-14(19(24,25)26)11-13(12-15(17)20)18(21,22)23;/h2,11-12,16,27H,1,3-10H2;1H/t16-;/m0./s1. The van der Waals surface area contributed by atoms with Crippen molar-refractivity contribution in [3.8, 4) is 0 Å². The van der Waals surface area contributed by atoms with Crippen LogP contribution in [0.25, 0.3) is 0 Å². The van der Waals surface area contributed by atoms with Gasteiger partial charge in [0.2, 0.25) is 0 Å². The smallest absolute Gasteiger partial charge is 0.314 e. The summed E-state index contributed by atoms with van der Waals surface area (Å²) in [4.78, 5) is 1.71. The van der Waals surface area contributed by atoms with Crippen LogP contribution in [0.2, 0.25) is 0 Å². The molecule has 1 heterocycles.